The van der Waals surface area contributed by atoms with Gasteiger partial charge in [-0.2, -0.15) is 0 Å². The molecule has 24 heavy (non-hydrogen) atoms. The van der Waals surface area contributed by atoms with E-state index in [1.54, 1.807) is 0 Å². The SMILES string of the molecule is CCOc1ccccc1NC(=O)[C@@H](CC)Oc1cc(C)cc(C)c1. The van der Waals surface area contributed by atoms with Crippen LogP contribution in [0.25, 0.3) is 0 Å². The first-order valence-corrected chi connectivity index (χ1v) is 8.31. The topological polar surface area (TPSA) is 47.6 Å². The van der Waals surface area contributed by atoms with Crippen molar-refractivity contribution in [3.8, 4) is 11.5 Å². The summed E-state index contributed by atoms with van der Waals surface area (Å²) >= 11 is 0. The van der Waals surface area contributed by atoms with Crippen LogP contribution < -0.4 is 14.8 Å². The molecule has 0 saturated carbocycles. The number of rotatable bonds is 7. The van der Waals surface area contributed by atoms with Crippen molar-refractivity contribution >= 4 is 11.6 Å². The second-order valence-electron chi connectivity index (χ2n) is 5.76. The maximum absolute atomic E-state index is 12.6. The minimum atomic E-state index is -0.555. The largest absolute Gasteiger partial charge is 0.492 e. The number of carbonyl (C=O) groups is 1. The minimum Gasteiger partial charge on any atom is -0.492 e. The lowest BCUT2D eigenvalue weighted by atomic mass is 10.1. The Morgan fingerprint density at radius 2 is 1.75 bits per heavy atom. The molecule has 0 aliphatic rings. The molecule has 2 aromatic rings. The fourth-order valence-electron chi connectivity index (χ4n) is 2.55. The highest BCUT2D eigenvalue weighted by molar-refractivity contribution is 5.95. The fraction of sp³-hybridized carbons (Fsp3) is 0.350. The van der Waals surface area contributed by atoms with Crippen LogP contribution in [0, 0.1) is 13.8 Å². The molecule has 0 radical (unpaired) electrons. The van der Waals surface area contributed by atoms with Crippen molar-refractivity contribution in [2.45, 2.75) is 40.2 Å². The van der Waals surface area contributed by atoms with Gasteiger partial charge in [0, 0.05) is 0 Å². The molecule has 1 amide bonds. The van der Waals surface area contributed by atoms with E-state index in [0.29, 0.717) is 30.2 Å². The third kappa shape index (κ3) is 4.75. The fourth-order valence-corrected chi connectivity index (χ4v) is 2.55. The monoisotopic (exact) mass is 327 g/mol. The summed E-state index contributed by atoms with van der Waals surface area (Å²) in [7, 11) is 0. The van der Waals surface area contributed by atoms with Crippen molar-refractivity contribution in [3.63, 3.8) is 0 Å². The Bertz CT molecular complexity index is 677. The Balaban J connectivity index is 2.11. The standard InChI is InChI=1S/C20H25NO3/c1-5-18(24-16-12-14(3)11-15(4)13-16)20(22)21-17-9-7-8-10-19(17)23-6-2/h7-13,18H,5-6H2,1-4H3,(H,21,22)/t18-/m1/s1. The first kappa shape index (κ1) is 17.9. The van der Waals surface area contributed by atoms with Crippen LogP contribution in [-0.4, -0.2) is 18.6 Å². The third-order valence-electron chi connectivity index (χ3n) is 3.58. The van der Waals surface area contributed by atoms with Crippen molar-refractivity contribution in [1.82, 2.24) is 0 Å². The smallest absolute Gasteiger partial charge is 0.265 e. The van der Waals surface area contributed by atoms with Crippen LogP contribution in [0.2, 0.25) is 0 Å². The number of ether oxygens (including phenoxy) is 2. The Morgan fingerprint density at radius 3 is 2.38 bits per heavy atom. The van der Waals surface area contributed by atoms with E-state index in [2.05, 4.69) is 11.4 Å². The summed E-state index contributed by atoms with van der Waals surface area (Å²) in [5.74, 6) is 1.20. The number of amides is 1. The zero-order chi connectivity index (χ0) is 17.5. The summed E-state index contributed by atoms with van der Waals surface area (Å²) < 4.78 is 11.5. The van der Waals surface area contributed by atoms with Crippen LogP contribution in [-0.2, 0) is 4.79 Å². The van der Waals surface area contributed by atoms with Gasteiger partial charge in [-0.1, -0.05) is 25.1 Å². The molecule has 2 rings (SSSR count). The van der Waals surface area contributed by atoms with Crippen molar-refractivity contribution in [3.05, 3.63) is 53.6 Å². The highest BCUT2D eigenvalue weighted by Gasteiger charge is 2.20. The van der Waals surface area contributed by atoms with Crippen molar-refractivity contribution in [1.29, 1.82) is 0 Å². The van der Waals surface area contributed by atoms with Crippen LogP contribution in [0.3, 0.4) is 0 Å². The van der Waals surface area contributed by atoms with Crippen LogP contribution in [0.15, 0.2) is 42.5 Å². The van der Waals surface area contributed by atoms with E-state index in [1.807, 2.05) is 64.1 Å². The quantitative estimate of drug-likeness (QED) is 0.814. The average Bonchev–Trinajstić information content (AvgIpc) is 2.53. The number of carbonyl (C=O) groups excluding carboxylic acids is 1. The van der Waals surface area contributed by atoms with Gasteiger partial charge in [-0.3, -0.25) is 4.79 Å². The van der Waals surface area contributed by atoms with Crippen LogP contribution >= 0.6 is 0 Å². The van der Waals surface area contributed by atoms with E-state index in [-0.39, 0.29) is 5.91 Å². The number of hydrogen-bond donors (Lipinski definition) is 1. The number of para-hydroxylation sites is 2. The highest BCUT2D eigenvalue weighted by Crippen LogP contribution is 2.25. The number of hydrogen-bond acceptors (Lipinski definition) is 3. The molecule has 0 spiro atoms. The van der Waals surface area contributed by atoms with Gasteiger partial charge in [0.05, 0.1) is 12.3 Å². The summed E-state index contributed by atoms with van der Waals surface area (Å²) in [6.07, 6.45) is 0.0243. The summed E-state index contributed by atoms with van der Waals surface area (Å²) in [5, 5.41) is 2.91. The number of benzene rings is 2. The maximum atomic E-state index is 12.6. The molecule has 0 aliphatic heterocycles. The molecular formula is C20H25NO3. The van der Waals surface area contributed by atoms with Gasteiger partial charge in [-0.15, -0.1) is 0 Å². The molecule has 0 aliphatic carbocycles. The Labute approximate surface area is 143 Å². The van der Waals surface area contributed by atoms with Gasteiger partial charge in [0.2, 0.25) is 0 Å². The lowest BCUT2D eigenvalue weighted by Crippen LogP contribution is -2.32. The summed E-state index contributed by atoms with van der Waals surface area (Å²) in [4.78, 5) is 12.6. The van der Waals surface area contributed by atoms with Gasteiger partial charge in [0.1, 0.15) is 11.5 Å². The molecule has 0 aromatic heterocycles. The van der Waals surface area contributed by atoms with E-state index < -0.39 is 6.10 Å². The third-order valence-corrected chi connectivity index (χ3v) is 3.58. The predicted molar refractivity (Wildman–Crippen MR) is 96.9 cm³/mol. The second kappa shape index (κ2) is 8.39. The first-order valence-electron chi connectivity index (χ1n) is 8.31. The van der Waals surface area contributed by atoms with Crippen LogP contribution in [0.5, 0.6) is 11.5 Å². The number of aryl methyl sites for hydroxylation is 2. The molecule has 0 saturated heterocycles. The van der Waals surface area contributed by atoms with Gasteiger partial charge >= 0.3 is 0 Å². The molecule has 0 bridgehead atoms. The van der Waals surface area contributed by atoms with E-state index in [4.69, 9.17) is 9.47 Å². The molecule has 2 aromatic carbocycles. The predicted octanol–water partition coefficient (Wildman–Crippen LogP) is 4.50. The van der Waals surface area contributed by atoms with Crippen molar-refractivity contribution in [2.24, 2.45) is 0 Å². The maximum Gasteiger partial charge on any atom is 0.265 e. The van der Waals surface area contributed by atoms with Crippen molar-refractivity contribution in [2.75, 3.05) is 11.9 Å². The van der Waals surface area contributed by atoms with Gasteiger partial charge in [0.25, 0.3) is 5.91 Å². The molecule has 0 heterocycles. The minimum absolute atomic E-state index is 0.177. The normalized spacial score (nSPS) is 11.7. The second-order valence-corrected chi connectivity index (χ2v) is 5.76. The molecule has 4 heteroatoms. The van der Waals surface area contributed by atoms with Gasteiger partial charge < -0.3 is 14.8 Å². The first-order chi connectivity index (χ1) is 11.5. The lowest BCUT2D eigenvalue weighted by Gasteiger charge is -2.19. The Kier molecular flexibility index (Phi) is 6.24. The lowest BCUT2D eigenvalue weighted by molar-refractivity contribution is -0.122. The summed E-state index contributed by atoms with van der Waals surface area (Å²) in [6.45, 7) is 8.42. The summed E-state index contributed by atoms with van der Waals surface area (Å²) in [6, 6.07) is 13.4. The molecule has 0 fully saturated rings. The van der Waals surface area contributed by atoms with E-state index in [1.165, 1.54) is 0 Å². The molecular weight excluding hydrogens is 302 g/mol. The number of nitrogens with one attached hydrogen (secondary N) is 1. The number of anilines is 1. The van der Waals surface area contributed by atoms with Gasteiger partial charge in [-0.05, 0) is 62.6 Å². The summed E-state index contributed by atoms with van der Waals surface area (Å²) in [5.41, 5.74) is 2.88. The van der Waals surface area contributed by atoms with Crippen LogP contribution in [0.1, 0.15) is 31.4 Å². The van der Waals surface area contributed by atoms with Crippen LogP contribution in [0.4, 0.5) is 5.69 Å². The molecule has 4 nitrogen and oxygen atoms in total. The molecule has 1 N–H and O–H groups in total. The highest BCUT2D eigenvalue weighted by atomic mass is 16.5. The Morgan fingerprint density at radius 1 is 1.08 bits per heavy atom. The van der Waals surface area contributed by atoms with E-state index in [0.717, 1.165) is 11.1 Å². The van der Waals surface area contributed by atoms with Gasteiger partial charge in [0.15, 0.2) is 6.10 Å². The van der Waals surface area contributed by atoms with E-state index in [9.17, 15) is 4.79 Å². The van der Waals surface area contributed by atoms with Gasteiger partial charge in [-0.25, -0.2) is 0 Å². The molecule has 0 unspecified atom stereocenters. The Hall–Kier alpha value is -2.49. The molecule has 128 valence electrons. The zero-order valence-corrected chi connectivity index (χ0v) is 14.8. The zero-order valence-electron chi connectivity index (χ0n) is 14.8. The average molecular weight is 327 g/mol. The van der Waals surface area contributed by atoms with Crippen molar-refractivity contribution < 1.29 is 14.3 Å². The van der Waals surface area contributed by atoms with E-state index >= 15 is 0 Å². The molecule has 1 atom stereocenters.